The zero-order chi connectivity index (χ0) is 22.0. The molecule has 0 spiro atoms. The van der Waals surface area contributed by atoms with Crippen LogP contribution >= 0.6 is 0 Å². The van der Waals surface area contributed by atoms with E-state index in [1.54, 1.807) is 24.4 Å². The lowest BCUT2D eigenvalue weighted by molar-refractivity contribution is -0.385. The number of hydrogen-bond donors (Lipinski definition) is 1. The SMILES string of the molecule is O=C(CN1C(=O)c2cccc([N+](=O)[O-])c2C1=O)NC(c1ccccc1)c1ccccn1. The summed E-state index contributed by atoms with van der Waals surface area (Å²) in [5.41, 5.74) is 0.507. The molecule has 9 heteroatoms. The Bertz CT molecular complexity index is 1140. The molecule has 0 saturated heterocycles. The molecule has 3 amide bonds. The number of nitro benzene ring substituents is 1. The van der Waals surface area contributed by atoms with Gasteiger partial charge in [0.1, 0.15) is 12.1 Å². The van der Waals surface area contributed by atoms with Gasteiger partial charge in [0.15, 0.2) is 0 Å². The third-order valence-corrected chi connectivity index (χ3v) is 4.90. The Morgan fingerprint density at radius 1 is 1.00 bits per heavy atom. The quantitative estimate of drug-likeness (QED) is 0.374. The molecule has 9 nitrogen and oxygen atoms in total. The molecule has 3 aromatic rings. The number of rotatable bonds is 6. The topological polar surface area (TPSA) is 123 Å². The summed E-state index contributed by atoms with van der Waals surface area (Å²) in [6.07, 6.45) is 1.60. The molecule has 154 valence electrons. The fourth-order valence-electron chi connectivity index (χ4n) is 3.48. The third-order valence-electron chi connectivity index (χ3n) is 4.90. The van der Waals surface area contributed by atoms with Crippen LogP contribution < -0.4 is 5.32 Å². The second kappa shape index (κ2) is 8.15. The van der Waals surface area contributed by atoms with Crippen LogP contribution in [-0.4, -0.2) is 39.1 Å². The Hall–Kier alpha value is -4.40. The van der Waals surface area contributed by atoms with Gasteiger partial charge in [0.05, 0.1) is 22.2 Å². The lowest BCUT2D eigenvalue weighted by Crippen LogP contribution is -2.42. The monoisotopic (exact) mass is 416 g/mol. The van der Waals surface area contributed by atoms with Crippen molar-refractivity contribution < 1.29 is 19.3 Å². The molecule has 1 aromatic heterocycles. The number of amides is 3. The Morgan fingerprint density at radius 3 is 2.42 bits per heavy atom. The molecule has 0 aliphatic carbocycles. The van der Waals surface area contributed by atoms with Crippen molar-refractivity contribution in [1.29, 1.82) is 0 Å². The van der Waals surface area contributed by atoms with Crippen molar-refractivity contribution in [3.63, 3.8) is 0 Å². The average Bonchev–Trinajstić information content (AvgIpc) is 3.03. The highest BCUT2D eigenvalue weighted by molar-refractivity contribution is 6.24. The number of imide groups is 1. The third kappa shape index (κ3) is 3.76. The first-order valence-electron chi connectivity index (χ1n) is 9.36. The van der Waals surface area contributed by atoms with E-state index in [0.29, 0.717) is 10.6 Å². The van der Waals surface area contributed by atoms with E-state index in [2.05, 4.69) is 10.3 Å². The highest BCUT2D eigenvalue weighted by Gasteiger charge is 2.41. The van der Waals surface area contributed by atoms with Crippen LogP contribution in [0.25, 0.3) is 0 Å². The van der Waals surface area contributed by atoms with Crippen molar-refractivity contribution in [2.75, 3.05) is 6.54 Å². The first kappa shape index (κ1) is 19.9. The standard InChI is InChI=1S/C22H16N4O5/c27-18(24-20(14-7-2-1-3-8-14)16-10-4-5-12-23-16)13-25-21(28)15-9-6-11-17(26(30)31)19(15)22(25)29/h1-12,20H,13H2,(H,24,27). The molecule has 0 saturated carbocycles. The van der Waals surface area contributed by atoms with Gasteiger partial charge in [-0.2, -0.15) is 0 Å². The minimum absolute atomic E-state index is 0.0867. The molecular formula is C22H16N4O5. The van der Waals surface area contributed by atoms with E-state index < -0.39 is 40.9 Å². The molecule has 31 heavy (non-hydrogen) atoms. The van der Waals surface area contributed by atoms with Gasteiger partial charge in [-0.3, -0.25) is 34.4 Å². The molecular weight excluding hydrogens is 400 g/mol. The molecule has 2 heterocycles. The number of pyridine rings is 1. The van der Waals surface area contributed by atoms with Gasteiger partial charge in [-0.05, 0) is 23.8 Å². The van der Waals surface area contributed by atoms with E-state index in [9.17, 15) is 24.5 Å². The molecule has 1 atom stereocenters. The van der Waals surface area contributed by atoms with Crippen molar-refractivity contribution in [2.45, 2.75) is 6.04 Å². The number of carbonyl (C=O) groups excluding carboxylic acids is 3. The highest BCUT2D eigenvalue weighted by atomic mass is 16.6. The molecule has 1 aliphatic heterocycles. The van der Waals surface area contributed by atoms with Crippen LogP contribution in [0.15, 0.2) is 72.9 Å². The molecule has 0 bridgehead atoms. The summed E-state index contributed by atoms with van der Waals surface area (Å²) >= 11 is 0. The first-order valence-corrected chi connectivity index (χ1v) is 9.36. The summed E-state index contributed by atoms with van der Waals surface area (Å²) < 4.78 is 0. The summed E-state index contributed by atoms with van der Waals surface area (Å²) in [5.74, 6) is -2.21. The van der Waals surface area contributed by atoms with Gasteiger partial charge in [0, 0.05) is 12.3 Å². The Balaban J connectivity index is 1.58. The maximum absolute atomic E-state index is 12.8. The number of hydrogen-bond acceptors (Lipinski definition) is 6. The number of nitrogens with zero attached hydrogens (tertiary/aromatic N) is 3. The van der Waals surface area contributed by atoms with E-state index >= 15 is 0 Å². The lowest BCUT2D eigenvalue weighted by Gasteiger charge is -2.20. The second-order valence-electron chi connectivity index (χ2n) is 6.82. The van der Waals surface area contributed by atoms with Crippen LogP contribution in [0.2, 0.25) is 0 Å². The van der Waals surface area contributed by atoms with Crippen LogP contribution in [0, 0.1) is 10.1 Å². The number of nitrogens with one attached hydrogen (secondary N) is 1. The first-order chi connectivity index (χ1) is 15.0. The average molecular weight is 416 g/mol. The van der Waals surface area contributed by atoms with Gasteiger partial charge < -0.3 is 5.32 Å². The predicted octanol–water partition coefficient (Wildman–Crippen LogP) is 2.49. The second-order valence-corrected chi connectivity index (χ2v) is 6.82. The summed E-state index contributed by atoms with van der Waals surface area (Å²) in [7, 11) is 0. The molecule has 1 unspecified atom stereocenters. The van der Waals surface area contributed by atoms with Crippen LogP contribution in [0.5, 0.6) is 0 Å². The summed E-state index contributed by atoms with van der Waals surface area (Å²) in [6, 6.07) is 17.6. The number of carbonyl (C=O) groups is 3. The van der Waals surface area contributed by atoms with E-state index in [0.717, 1.165) is 11.6 Å². The van der Waals surface area contributed by atoms with Gasteiger partial charge in [-0.15, -0.1) is 0 Å². The number of nitro groups is 1. The van der Waals surface area contributed by atoms with Crippen LogP contribution in [0.4, 0.5) is 5.69 Å². The molecule has 4 rings (SSSR count). The highest BCUT2D eigenvalue weighted by Crippen LogP contribution is 2.30. The normalized spacial score (nSPS) is 13.6. The Kier molecular flexibility index (Phi) is 5.23. The van der Waals surface area contributed by atoms with Crippen molar-refractivity contribution in [3.8, 4) is 0 Å². The number of aromatic nitrogens is 1. The van der Waals surface area contributed by atoms with Crippen LogP contribution in [0.3, 0.4) is 0 Å². The largest absolute Gasteiger partial charge is 0.342 e. The van der Waals surface area contributed by atoms with Gasteiger partial charge in [0.25, 0.3) is 17.5 Å². The van der Waals surface area contributed by atoms with E-state index in [-0.39, 0.29) is 11.1 Å². The van der Waals surface area contributed by atoms with Crippen molar-refractivity contribution in [2.24, 2.45) is 0 Å². The maximum Gasteiger partial charge on any atom is 0.282 e. The molecule has 0 fully saturated rings. The van der Waals surface area contributed by atoms with Gasteiger partial charge in [0.2, 0.25) is 5.91 Å². The number of fused-ring (bicyclic) bond motifs is 1. The molecule has 0 radical (unpaired) electrons. The van der Waals surface area contributed by atoms with Crippen LogP contribution in [-0.2, 0) is 4.79 Å². The molecule has 2 aromatic carbocycles. The zero-order valence-corrected chi connectivity index (χ0v) is 16.1. The maximum atomic E-state index is 12.8. The lowest BCUT2D eigenvalue weighted by atomic mass is 10.0. The molecule has 1 aliphatic rings. The van der Waals surface area contributed by atoms with E-state index in [1.807, 2.05) is 30.3 Å². The molecule has 1 N–H and O–H groups in total. The summed E-state index contributed by atoms with van der Waals surface area (Å²) in [4.78, 5) is 53.7. The zero-order valence-electron chi connectivity index (χ0n) is 16.1. The fourth-order valence-corrected chi connectivity index (χ4v) is 3.48. The Labute approximate surface area is 176 Å². The Morgan fingerprint density at radius 2 is 1.74 bits per heavy atom. The van der Waals surface area contributed by atoms with E-state index in [4.69, 9.17) is 0 Å². The van der Waals surface area contributed by atoms with Gasteiger partial charge in [-0.1, -0.05) is 42.5 Å². The predicted molar refractivity (Wildman–Crippen MR) is 109 cm³/mol. The minimum Gasteiger partial charge on any atom is -0.342 e. The van der Waals surface area contributed by atoms with Gasteiger partial charge in [-0.25, -0.2) is 0 Å². The number of benzene rings is 2. The van der Waals surface area contributed by atoms with Crippen molar-refractivity contribution in [1.82, 2.24) is 15.2 Å². The smallest absolute Gasteiger partial charge is 0.282 e. The summed E-state index contributed by atoms with van der Waals surface area (Å²) in [6.45, 7) is -0.570. The fraction of sp³-hybridized carbons (Fsp3) is 0.0909. The van der Waals surface area contributed by atoms with Crippen molar-refractivity contribution >= 4 is 23.4 Å². The van der Waals surface area contributed by atoms with Crippen molar-refractivity contribution in [3.05, 3.63) is 105 Å². The van der Waals surface area contributed by atoms with E-state index in [1.165, 1.54) is 12.1 Å². The minimum atomic E-state index is -0.864. The van der Waals surface area contributed by atoms with Crippen LogP contribution in [0.1, 0.15) is 38.0 Å². The summed E-state index contributed by atoms with van der Waals surface area (Å²) in [5, 5.41) is 14.0. The van der Waals surface area contributed by atoms with Gasteiger partial charge >= 0.3 is 0 Å².